The summed E-state index contributed by atoms with van der Waals surface area (Å²) in [6, 6.07) is 12.8. The van der Waals surface area contributed by atoms with E-state index in [-0.39, 0.29) is 17.1 Å². The molecule has 1 aliphatic heterocycles. The summed E-state index contributed by atoms with van der Waals surface area (Å²) in [5.41, 5.74) is 2.58. The second-order valence-corrected chi connectivity index (χ2v) is 9.36. The molecule has 6 nitrogen and oxygen atoms in total. The van der Waals surface area contributed by atoms with E-state index in [1.807, 2.05) is 57.4 Å². The summed E-state index contributed by atoms with van der Waals surface area (Å²) in [7, 11) is 4.02. The number of carbonyl (C=O) groups is 1. The molecule has 3 aromatic rings. The number of benzene rings is 2. The number of hydrogen-bond acceptors (Lipinski definition) is 5. The molecule has 0 fully saturated rings. The minimum absolute atomic E-state index is 0.136. The largest absolute Gasteiger partial charge is 0.494 e. The van der Waals surface area contributed by atoms with Gasteiger partial charge in [0.15, 0.2) is 5.43 Å². The van der Waals surface area contributed by atoms with Crippen LogP contribution in [0.1, 0.15) is 65.9 Å². The summed E-state index contributed by atoms with van der Waals surface area (Å²) < 4.78 is 12.0. The van der Waals surface area contributed by atoms with Gasteiger partial charge in [-0.25, -0.2) is 0 Å². The lowest BCUT2D eigenvalue weighted by Crippen LogP contribution is -2.32. The van der Waals surface area contributed by atoms with Crippen molar-refractivity contribution in [2.75, 3.05) is 33.8 Å². The van der Waals surface area contributed by atoms with Crippen molar-refractivity contribution < 1.29 is 13.9 Å². The van der Waals surface area contributed by atoms with Crippen molar-refractivity contribution in [1.82, 2.24) is 9.80 Å². The van der Waals surface area contributed by atoms with E-state index in [2.05, 4.69) is 11.8 Å². The average Bonchev–Trinajstić information content (AvgIpc) is 3.09. The van der Waals surface area contributed by atoms with Crippen molar-refractivity contribution in [3.63, 3.8) is 0 Å². The molecule has 0 N–H and O–H groups in total. The number of ether oxygens (including phenoxy) is 1. The van der Waals surface area contributed by atoms with Crippen molar-refractivity contribution in [2.24, 2.45) is 0 Å². The summed E-state index contributed by atoms with van der Waals surface area (Å²) in [5, 5.41) is 0.513. The van der Waals surface area contributed by atoms with Crippen LogP contribution in [0.2, 0.25) is 0 Å². The normalized spacial score (nSPS) is 15.4. The van der Waals surface area contributed by atoms with Gasteiger partial charge in [-0.05, 0) is 70.2 Å². The fraction of sp³-hybridized carbons (Fsp3) is 0.429. The molecule has 1 amide bonds. The number of unbranched alkanes of at least 4 members (excludes halogenated alkanes) is 2. The Kier molecular flexibility index (Phi) is 7.37. The van der Waals surface area contributed by atoms with Gasteiger partial charge in [-0.3, -0.25) is 9.59 Å². The maximum atomic E-state index is 13.7. The molecule has 0 bridgehead atoms. The third kappa shape index (κ3) is 4.87. The predicted molar refractivity (Wildman–Crippen MR) is 135 cm³/mol. The quantitative estimate of drug-likeness (QED) is 0.389. The number of nitrogens with zero attached hydrogens (tertiary/aromatic N) is 2. The molecule has 34 heavy (non-hydrogen) atoms. The van der Waals surface area contributed by atoms with Gasteiger partial charge in [0, 0.05) is 6.54 Å². The van der Waals surface area contributed by atoms with Crippen LogP contribution in [0, 0.1) is 6.92 Å². The van der Waals surface area contributed by atoms with Crippen LogP contribution in [-0.4, -0.2) is 49.5 Å². The van der Waals surface area contributed by atoms with Crippen LogP contribution in [0.3, 0.4) is 0 Å². The van der Waals surface area contributed by atoms with E-state index in [0.29, 0.717) is 29.7 Å². The Bertz CT molecular complexity index is 1230. The highest BCUT2D eigenvalue weighted by Gasteiger charge is 2.42. The van der Waals surface area contributed by atoms with Gasteiger partial charge < -0.3 is 19.0 Å². The number of rotatable bonds is 10. The van der Waals surface area contributed by atoms with Crippen LogP contribution < -0.4 is 10.2 Å². The number of amides is 1. The van der Waals surface area contributed by atoms with E-state index in [9.17, 15) is 9.59 Å². The topological polar surface area (TPSA) is 63.0 Å². The first kappa shape index (κ1) is 24.0. The molecule has 1 aromatic heterocycles. The van der Waals surface area contributed by atoms with E-state index in [1.54, 1.807) is 11.0 Å². The molecule has 1 atom stereocenters. The predicted octanol–water partition coefficient (Wildman–Crippen LogP) is 5.17. The number of fused-ring (bicyclic) bond motifs is 2. The first-order chi connectivity index (χ1) is 16.4. The Labute approximate surface area is 201 Å². The van der Waals surface area contributed by atoms with Gasteiger partial charge in [0.05, 0.1) is 23.6 Å². The molecule has 2 aromatic carbocycles. The van der Waals surface area contributed by atoms with Crippen molar-refractivity contribution in [2.45, 2.75) is 45.6 Å². The fourth-order valence-electron chi connectivity index (χ4n) is 4.59. The highest BCUT2D eigenvalue weighted by molar-refractivity contribution is 5.99. The summed E-state index contributed by atoms with van der Waals surface area (Å²) >= 11 is 0. The van der Waals surface area contributed by atoms with Crippen molar-refractivity contribution in [1.29, 1.82) is 0 Å². The zero-order valence-corrected chi connectivity index (χ0v) is 20.6. The van der Waals surface area contributed by atoms with E-state index >= 15 is 0 Å². The fourth-order valence-corrected chi connectivity index (χ4v) is 4.59. The lowest BCUT2D eigenvalue weighted by molar-refractivity contribution is 0.0722. The molecule has 0 spiro atoms. The van der Waals surface area contributed by atoms with Crippen LogP contribution in [0.15, 0.2) is 51.7 Å². The molecule has 1 aliphatic rings. The molecule has 1 unspecified atom stereocenters. The van der Waals surface area contributed by atoms with Gasteiger partial charge >= 0.3 is 0 Å². The second-order valence-electron chi connectivity index (χ2n) is 9.36. The van der Waals surface area contributed by atoms with E-state index < -0.39 is 6.04 Å². The molecule has 4 rings (SSSR count). The first-order valence-corrected chi connectivity index (χ1v) is 12.2. The lowest BCUT2D eigenvalue weighted by atomic mass is 9.98. The molecular formula is C28H34N2O4. The maximum Gasteiger partial charge on any atom is 0.290 e. The monoisotopic (exact) mass is 462 g/mol. The highest BCUT2D eigenvalue weighted by Crippen LogP contribution is 2.39. The Balaban J connectivity index is 1.77. The van der Waals surface area contributed by atoms with Gasteiger partial charge in [0.25, 0.3) is 5.91 Å². The molecule has 0 saturated heterocycles. The molecule has 0 radical (unpaired) electrons. The maximum absolute atomic E-state index is 13.7. The average molecular weight is 463 g/mol. The van der Waals surface area contributed by atoms with Crippen molar-refractivity contribution in [3.8, 4) is 5.75 Å². The minimum Gasteiger partial charge on any atom is -0.494 e. The van der Waals surface area contributed by atoms with E-state index in [0.717, 1.165) is 49.1 Å². The molecular weight excluding hydrogens is 428 g/mol. The van der Waals surface area contributed by atoms with Crippen molar-refractivity contribution in [3.05, 3.63) is 75.1 Å². The van der Waals surface area contributed by atoms with Gasteiger partial charge in [0.2, 0.25) is 5.76 Å². The number of aryl methyl sites for hydroxylation is 1. The third-order valence-corrected chi connectivity index (χ3v) is 6.32. The Hall–Kier alpha value is -3.12. The minimum atomic E-state index is -0.495. The molecule has 6 heteroatoms. The standard InChI is InChI=1S/C28H34N2O4/c1-5-6-7-16-33-21-11-8-10-20(18-21)25-24-26(31)22-17-19(2)12-13-23(22)34-27(24)28(32)30(25)15-9-14-29(3)4/h8,10-13,17-18,25H,5-7,9,14-16H2,1-4H3. The van der Waals surface area contributed by atoms with Gasteiger partial charge in [-0.15, -0.1) is 0 Å². The van der Waals surface area contributed by atoms with Gasteiger partial charge in [-0.1, -0.05) is 43.5 Å². The van der Waals surface area contributed by atoms with Crippen LogP contribution >= 0.6 is 0 Å². The van der Waals surface area contributed by atoms with Crippen molar-refractivity contribution >= 4 is 16.9 Å². The van der Waals surface area contributed by atoms with Crippen LogP contribution in [0.25, 0.3) is 11.0 Å². The molecule has 0 aliphatic carbocycles. The number of carbonyl (C=O) groups excluding carboxylic acids is 1. The smallest absolute Gasteiger partial charge is 0.290 e. The Morgan fingerprint density at radius 2 is 1.88 bits per heavy atom. The summed E-state index contributed by atoms with van der Waals surface area (Å²) in [6.07, 6.45) is 4.05. The van der Waals surface area contributed by atoms with Crippen LogP contribution in [0.4, 0.5) is 0 Å². The van der Waals surface area contributed by atoms with E-state index in [1.165, 1.54) is 0 Å². The zero-order valence-electron chi connectivity index (χ0n) is 20.6. The molecule has 180 valence electrons. The highest BCUT2D eigenvalue weighted by atomic mass is 16.5. The van der Waals surface area contributed by atoms with E-state index in [4.69, 9.17) is 9.15 Å². The number of hydrogen-bond donors (Lipinski definition) is 0. The Morgan fingerprint density at radius 1 is 1.06 bits per heavy atom. The molecule has 2 heterocycles. The summed E-state index contributed by atoms with van der Waals surface area (Å²) in [5.74, 6) is 0.682. The zero-order chi connectivity index (χ0) is 24.2. The van der Waals surface area contributed by atoms with Gasteiger partial charge in [0.1, 0.15) is 11.3 Å². The van der Waals surface area contributed by atoms with Gasteiger partial charge in [-0.2, -0.15) is 0 Å². The molecule has 0 saturated carbocycles. The Morgan fingerprint density at radius 3 is 2.65 bits per heavy atom. The SMILES string of the molecule is CCCCCOc1cccc(C2c3c(oc4ccc(C)cc4c3=O)C(=O)N2CCCN(C)C)c1. The third-order valence-electron chi connectivity index (χ3n) is 6.32. The van der Waals surface area contributed by atoms with Crippen LogP contribution in [0.5, 0.6) is 5.75 Å². The summed E-state index contributed by atoms with van der Waals surface area (Å²) in [6.45, 7) is 6.13. The summed E-state index contributed by atoms with van der Waals surface area (Å²) in [4.78, 5) is 31.0. The first-order valence-electron chi connectivity index (χ1n) is 12.2. The second kappa shape index (κ2) is 10.4. The lowest BCUT2D eigenvalue weighted by Gasteiger charge is -2.26. The van der Waals surface area contributed by atoms with Crippen LogP contribution in [-0.2, 0) is 0 Å².